The van der Waals surface area contributed by atoms with Crippen LogP contribution in [-0.2, 0) is 6.54 Å². The van der Waals surface area contributed by atoms with Crippen molar-refractivity contribution in [3.8, 4) is 6.07 Å². The number of halogens is 1. The molecule has 0 aliphatic heterocycles. The van der Waals surface area contributed by atoms with Gasteiger partial charge in [0.05, 0.1) is 17.2 Å². The summed E-state index contributed by atoms with van der Waals surface area (Å²) in [6.07, 6.45) is 1.36. The fraction of sp³-hybridized carbons (Fsp3) is 0.133. The van der Waals surface area contributed by atoms with Gasteiger partial charge in [0, 0.05) is 19.8 Å². The SMILES string of the molecule is CNc1nccc(C(=O)NCc2cccc(C#N)c2)c1F. The highest BCUT2D eigenvalue weighted by Crippen LogP contribution is 2.14. The summed E-state index contributed by atoms with van der Waals surface area (Å²) in [5, 5.41) is 14.0. The van der Waals surface area contributed by atoms with Gasteiger partial charge in [-0.1, -0.05) is 12.1 Å². The van der Waals surface area contributed by atoms with Crippen molar-refractivity contribution in [1.29, 1.82) is 5.26 Å². The largest absolute Gasteiger partial charge is 0.371 e. The molecule has 2 aromatic rings. The molecule has 6 heteroatoms. The second kappa shape index (κ2) is 6.48. The third-order valence-electron chi connectivity index (χ3n) is 2.88. The van der Waals surface area contributed by atoms with Gasteiger partial charge in [-0.25, -0.2) is 9.37 Å². The standard InChI is InChI=1S/C15H13FN4O/c1-18-14-13(16)12(5-6-19-14)15(21)20-9-11-4-2-3-10(7-11)8-17/h2-7H,9H2,1H3,(H,18,19)(H,20,21). The number of hydrogen-bond donors (Lipinski definition) is 2. The number of hydrogen-bond acceptors (Lipinski definition) is 4. The summed E-state index contributed by atoms with van der Waals surface area (Å²) in [6, 6.07) is 10.2. The van der Waals surface area contributed by atoms with Crippen molar-refractivity contribution in [2.24, 2.45) is 0 Å². The van der Waals surface area contributed by atoms with Crippen LogP contribution in [0.1, 0.15) is 21.5 Å². The molecule has 0 bridgehead atoms. The lowest BCUT2D eigenvalue weighted by Crippen LogP contribution is -2.24. The van der Waals surface area contributed by atoms with Crippen molar-refractivity contribution in [1.82, 2.24) is 10.3 Å². The van der Waals surface area contributed by atoms with Gasteiger partial charge in [-0.15, -0.1) is 0 Å². The second-order valence-corrected chi connectivity index (χ2v) is 4.27. The molecular formula is C15H13FN4O. The Morgan fingerprint density at radius 2 is 2.24 bits per heavy atom. The van der Waals surface area contributed by atoms with E-state index < -0.39 is 11.7 Å². The predicted molar refractivity (Wildman–Crippen MR) is 76.1 cm³/mol. The third-order valence-corrected chi connectivity index (χ3v) is 2.88. The summed E-state index contributed by atoms with van der Waals surface area (Å²) in [5.41, 5.74) is 1.20. The topological polar surface area (TPSA) is 77.8 Å². The number of anilines is 1. The van der Waals surface area contributed by atoms with Gasteiger partial charge in [-0.3, -0.25) is 4.79 Å². The van der Waals surface area contributed by atoms with Crippen molar-refractivity contribution in [3.05, 3.63) is 59.0 Å². The van der Waals surface area contributed by atoms with Crippen LogP contribution in [-0.4, -0.2) is 17.9 Å². The number of carbonyl (C=O) groups excluding carboxylic acids is 1. The van der Waals surface area contributed by atoms with E-state index in [-0.39, 0.29) is 17.9 Å². The average molecular weight is 284 g/mol. The predicted octanol–water partition coefficient (Wildman–Crippen LogP) is 2.06. The number of amides is 1. The number of nitrogens with zero attached hydrogens (tertiary/aromatic N) is 2. The number of nitrogens with one attached hydrogen (secondary N) is 2. The zero-order valence-electron chi connectivity index (χ0n) is 11.4. The van der Waals surface area contributed by atoms with Gasteiger partial charge in [-0.05, 0) is 23.8 Å². The Labute approximate surface area is 121 Å². The van der Waals surface area contributed by atoms with Crippen molar-refractivity contribution in [2.75, 3.05) is 12.4 Å². The van der Waals surface area contributed by atoms with Gasteiger partial charge in [0.1, 0.15) is 0 Å². The lowest BCUT2D eigenvalue weighted by atomic mass is 10.1. The maximum absolute atomic E-state index is 13.9. The smallest absolute Gasteiger partial charge is 0.254 e. The second-order valence-electron chi connectivity index (χ2n) is 4.27. The molecule has 21 heavy (non-hydrogen) atoms. The van der Waals surface area contributed by atoms with Crippen molar-refractivity contribution in [3.63, 3.8) is 0 Å². The fourth-order valence-corrected chi connectivity index (χ4v) is 1.82. The molecule has 0 saturated heterocycles. The van der Waals surface area contributed by atoms with Crippen molar-refractivity contribution in [2.45, 2.75) is 6.54 Å². The molecule has 1 aromatic carbocycles. The highest BCUT2D eigenvalue weighted by atomic mass is 19.1. The van der Waals surface area contributed by atoms with Crippen LogP contribution in [0.15, 0.2) is 36.5 Å². The summed E-state index contributed by atoms with van der Waals surface area (Å²) in [5.74, 6) is -1.20. The van der Waals surface area contributed by atoms with Crippen LogP contribution in [0.5, 0.6) is 0 Å². The summed E-state index contributed by atoms with van der Waals surface area (Å²) in [4.78, 5) is 15.8. The Balaban J connectivity index is 2.10. The molecule has 106 valence electrons. The number of pyridine rings is 1. The Morgan fingerprint density at radius 1 is 1.43 bits per heavy atom. The Kier molecular flexibility index (Phi) is 4.46. The molecule has 2 rings (SSSR count). The zero-order chi connectivity index (χ0) is 15.2. The first-order valence-corrected chi connectivity index (χ1v) is 6.25. The van der Waals surface area contributed by atoms with E-state index in [2.05, 4.69) is 15.6 Å². The molecule has 0 radical (unpaired) electrons. The van der Waals surface area contributed by atoms with Crippen LogP contribution in [0.25, 0.3) is 0 Å². The molecule has 0 saturated carbocycles. The molecule has 0 atom stereocenters. The van der Waals surface area contributed by atoms with Crippen LogP contribution in [0.3, 0.4) is 0 Å². The summed E-state index contributed by atoms with van der Waals surface area (Å²) in [7, 11) is 1.53. The molecule has 5 nitrogen and oxygen atoms in total. The van der Waals surface area contributed by atoms with Crippen LogP contribution in [0.4, 0.5) is 10.2 Å². The van der Waals surface area contributed by atoms with E-state index in [1.54, 1.807) is 24.3 Å². The lowest BCUT2D eigenvalue weighted by molar-refractivity contribution is 0.0947. The molecule has 1 amide bonds. The monoisotopic (exact) mass is 284 g/mol. The van der Waals surface area contributed by atoms with Gasteiger partial charge in [-0.2, -0.15) is 5.26 Å². The van der Waals surface area contributed by atoms with E-state index in [1.807, 2.05) is 6.07 Å². The molecule has 0 fully saturated rings. The Bertz CT molecular complexity index is 709. The number of benzene rings is 1. The lowest BCUT2D eigenvalue weighted by Gasteiger charge is -2.08. The summed E-state index contributed by atoms with van der Waals surface area (Å²) < 4.78 is 13.9. The molecular weight excluding hydrogens is 271 g/mol. The normalized spacial score (nSPS) is 9.76. The number of carbonyl (C=O) groups is 1. The van der Waals surface area contributed by atoms with Crippen LogP contribution in [0, 0.1) is 17.1 Å². The third kappa shape index (κ3) is 3.34. The molecule has 2 N–H and O–H groups in total. The van der Waals surface area contributed by atoms with Gasteiger partial charge in [0.25, 0.3) is 5.91 Å². The number of aromatic nitrogens is 1. The Morgan fingerprint density at radius 3 is 2.95 bits per heavy atom. The van der Waals surface area contributed by atoms with Crippen LogP contribution < -0.4 is 10.6 Å². The minimum absolute atomic E-state index is 0.0223. The minimum Gasteiger partial charge on any atom is -0.371 e. The number of nitriles is 1. The highest BCUT2D eigenvalue weighted by molar-refractivity contribution is 5.95. The highest BCUT2D eigenvalue weighted by Gasteiger charge is 2.15. The molecule has 0 unspecified atom stereocenters. The van der Waals surface area contributed by atoms with Crippen molar-refractivity contribution < 1.29 is 9.18 Å². The van der Waals surface area contributed by atoms with Gasteiger partial charge < -0.3 is 10.6 Å². The minimum atomic E-state index is -0.691. The summed E-state index contributed by atoms with van der Waals surface area (Å²) in [6.45, 7) is 0.213. The summed E-state index contributed by atoms with van der Waals surface area (Å²) >= 11 is 0. The fourth-order valence-electron chi connectivity index (χ4n) is 1.82. The van der Waals surface area contributed by atoms with Gasteiger partial charge in [0.15, 0.2) is 11.6 Å². The molecule has 0 aliphatic rings. The van der Waals surface area contributed by atoms with Gasteiger partial charge >= 0.3 is 0 Å². The quantitative estimate of drug-likeness (QED) is 0.901. The first-order chi connectivity index (χ1) is 10.2. The Hall–Kier alpha value is -2.94. The maximum atomic E-state index is 13.9. The van der Waals surface area contributed by atoms with Gasteiger partial charge in [0.2, 0.25) is 0 Å². The van der Waals surface area contributed by atoms with Crippen LogP contribution in [0.2, 0.25) is 0 Å². The van der Waals surface area contributed by atoms with E-state index in [0.717, 1.165) is 5.56 Å². The number of rotatable bonds is 4. The average Bonchev–Trinajstić information content (AvgIpc) is 2.53. The first-order valence-electron chi connectivity index (χ1n) is 6.25. The molecule has 0 spiro atoms. The molecule has 1 aromatic heterocycles. The molecule has 1 heterocycles. The van der Waals surface area contributed by atoms with E-state index in [9.17, 15) is 9.18 Å². The zero-order valence-corrected chi connectivity index (χ0v) is 11.4. The maximum Gasteiger partial charge on any atom is 0.254 e. The van der Waals surface area contributed by atoms with E-state index in [1.165, 1.54) is 19.3 Å². The van der Waals surface area contributed by atoms with Crippen molar-refractivity contribution >= 4 is 11.7 Å². The van der Waals surface area contributed by atoms with E-state index in [4.69, 9.17) is 5.26 Å². The first kappa shape index (κ1) is 14.5. The van der Waals surface area contributed by atoms with E-state index in [0.29, 0.717) is 5.56 Å². The molecule has 0 aliphatic carbocycles. The van der Waals surface area contributed by atoms with Crippen LogP contribution >= 0.6 is 0 Å². The van der Waals surface area contributed by atoms with E-state index >= 15 is 0 Å².